The summed E-state index contributed by atoms with van der Waals surface area (Å²) >= 11 is 0. The number of hydrogen-bond donors (Lipinski definition) is 2. The third-order valence-corrected chi connectivity index (χ3v) is 5.85. The van der Waals surface area contributed by atoms with Crippen molar-refractivity contribution in [3.05, 3.63) is 77.2 Å². The summed E-state index contributed by atoms with van der Waals surface area (Å²) in [4.78, 5) is 37.1. The molecule has 3 aromatic heterocycles. The van der Waals surface area contributed by atoms with E-state index in [0.29, 0.717) is 39.6 Å². The Labute approximate surface area is 196 Å². The van der Waals surface area contributed by atoms with Crippen LogP contribution in [0.3, 0.4) is 0 Å². The Balaban J connectivity index is 1.47. The van der Waals surface area contributed by atoms with Crippen LogP contribution >= 0.6 is 0 Å². The molecule has 4 aromatic rings. The molecule has 9 heteroatoms. The zero-order valence-corrected chi connectivity index (χ0v) is 19.2. The van der Waals surface area contributed by atoms with Crippen molar-refractivity contribution in [3.8, 4) is 5.82 Å². The minimum absolute atomic E-state index is 0.326. The molecule has 0 saturated heterocycles. The van der Waals surface area contributed by atoms with Crippen LogP contribution in [0.4, 0.5) is 5.69 Å². The number of carbonyl (C=O) groups excluding carboxylic acids is 2. The van der Waals surface area contributed by atoms with Gasteiger partial charge in [-0.25, -0.2) is 9.97 Å². The molecule has 1 aliphatic carbocycles. The van der Waals surface area contributed by atoms with Gasteiger partial charge >= 0.3 is 0 Å². The SMILES string of the molecule is Cc1nn(-c2ccccn2)c2nc(C3CC3)cc(C(=O)NNC(=O)c3cccc(N(C)C)c3)c12. The summed E-state index contributed by atoms with van der Waals surface area (Å²) in [6, 6.07) is 14.5. The lowest BCUT2D eigenvalue weighted by molar-refractivity contribution is 0.0847. The van der Waals surface area contributed by atoms with Crippen LogP contribution < -0.4 is 15.8 Å². The quantitative estimate of drug-likeness (QED) is 0.448. The van der Waals surface area contributed by atoms with Crippen molar-refractivity contribution < 1.29 is 9.59 Å². The fraction of sp³-hybridized carbons (Fsp3) is 0.240. The molecule has 34 heavy (non-hydrogen) atoms. The fourth-order valence-electron chi connectivity index (χ4n) is 3.89. The van der Waals surface area contributed by atoms with E-state index in [1.165, 1.54) is 0 Å². The summed E-state index contributed by atoms with van der Waals surface area (Å²) in [6.45, 7) is 1.84. The summed E-state index contributed by atoms with van der Waals surface area (Å²) in [5.74, 6) is 0.133. The van der Waals surface area contributed by atoms with E-state index in [4.69, 9.17) is 4.98 Å². The van der Waals surface area contributed by atoms with Gasteiger partial charge in [-0.05, 0) is 56.2 Å². The number of pyridine rings is 2. The van der Waals surface area contributed by atoms with Gasteiger partial charge < -0.3 is 4.90 Å². The maximum atomic E-state index is 13.2. The number of nitrogens with one attached hydrogen (secondary N) is 2. The molecule has 0 unspecified atom stereocenters. The first-order chi connectivity index (χ1) is 16.4. The minimum atomic E-state index is -0.421. The number of hydrogen-bond acceptors (Lipinski definition) is 6. The van der Waals surface area contributed by atoms with Gasteiger partial charge in [-0.15, -0.1) is 0 Å². The van der Waals surface area contributed by atoms with E-state index < -0.39 is 11.8 Å². The van der Waals surface area contributed by atoms with Gasteiger partial charge in [0.1, 0.15) is 0 Å². The first kappa shape index (κ1) is 21.6. The maximum Gasteiger partial charge on any atom is 0.270 e. The average molecular weight is 456 g/mol. The Hall–Kier alpha value is -4.27. The summed E-state index contributed by atoms with van der Waals surface area (Å²) in [7, 11) is 3.80. The molecular formula is C25H25N7O2. The zero-order valence-electron chi connectivity index (χ0n) is 19.2. The molecule has 1 saturated carbocycles. The summed E-state index contributed by atoms with van der Waals surface area (Å²) in [6.07, 6.45) is 3.77. The molecule has 3 heterocycles. The van der Waals surface area contributed by atoms with Crippen LogP contribution in [0.1, 0.15) is 50.9 Å². The van der Waals surface area contributed by atoms with Crippen LogP contribution in [-0.2, 0) is 0 Å². The predicted octanol–water partition coefficient (Wildman–Crippen LogP) is 3.14. The third-order valence-electron chi connectivity index (χ3n) is 5.85. The van der Waals surface area contributed by atoms with Crippen molar-refractivity contribution in [2.24, 2.45) is 0 Å². The van der Waals surface area contributed by atoms with E-state index in [9.17, 15) is 9.59 Å². The molecule has 5 rings (SSSR count). The third kappa shape index (κ3) is 4.07. The molecule has 0 spiro atoms. The van der Waals surface area contributed by atoms with E-state index in [0.717, 1.165) is 24.2 Å². The summed E-state index contributed by atoms with van der Waals surface area (Å²) in [5, 5.41) is 5.25. The van der Waals surface area contributed by atoms with E-state index in [-0.39, 0.29) is 0 Å². The molecule has 2 amide bonds. The number of rotatable bonds is 5. The number of benzene rings is 1. The van der Waals surface area contributed by atoms with Crippen LogP contribution in [0.15, 0.2) is 54.7 Å². The van der Waals surface area contributed by atoms with E-state index in [2.05, 4.69) is 20.9 Å². The number of anilines is 1. The van der Waals surface area contributed by atoms with E-state index in [1.54, 1.807) is 29.1 Å². The maximum absolute atomic E-state index is 13.2. The first-order valence-corrected chi connectivity index (χ1v) is 11.1. The van der Waals surface area contributed by atoms with Crippen LogP contribution in [0.25, 0.3) is 16.9 Å². The van der Waals surface area contributed by atoms with Crippen molar-refractivity contribution in [1.82, 2.24) is 30.6 Å². The molecule has 0 aliphatic heterocycles. The van der Waals surface area contributed by atoms with Crippen molar-refractivity contribution in [3.63, 3.8) is 0 Å². The first-order valence-electron chi connectivity index (χ1n) is 11.1. The van der Waals surface area contributed by atoms with Gasteiger partial charge in [0.05, 0.1) is 16.6 Å². The second-order valence-electron chi connectivity index (χ2n) is 8.61. The molecule has 2 N–H and O–H groups in total. The van der Waals surface area contributed by atoms with Gasteiger partial charge in [0.25, 0.3) is 11.8 Å². The second-order valence-corrected chi connectivity index (χ2v) is 8.61. The Kier molecular flexibility index (Phi) is 5.45. The number of amides is 2. The van der Waals surface area contributed by atoms with Crippen LogP contribution in [-0.4, -0.2) is 45.7 Å². The Morgan fingerprint density at radius 1 is 1.03 bits per heavy atom. The molecule has 1 aliphatic rings. The normalized spacial score (nSPS) is 13.0. The molecule has 1 aromatic carbocycles. The standard InChI is InChI=1S/C25H25N7O2/c1-15-22-19(25(34)29-28-24(33)17-7-6-8-18(13-17)31(2)3)14-20(16-10-11-16)27-23(22)32(30-15)21-9-4-5-12-26-21/h4-9,12-14,16H,10-11H2,1-3H3,(H,28,33)(H,29,34). The Morgan fingerprint density at radius 3 is 2.53 bits per heavy atom. The molecule has 0 atom stereocenters. The highest BCUT2D eigenvalue weighted by atomic mass is 16.2. The van der Waals surface area contributed by atoms with Crippen molar-refractivity contribution in [1.29, 1.82) is 0 Å². The topological polar surface area (TPSA) is 105 Å². The Morgan fingerprint density at radius 2 is 1.82 bits per heavy atom. The number of hydrazine groups is 1. The van der Waals surface area contributed by atoms with Crippen LogP contribution in [0.2, 0.25) is 0 Å². The van der Waals surface area contributed by atoms with E-state index in [1.807, 2.05) is 56.3 Å². The molecule has 172 valence electrons. The lowest BCUT2D eigenvalue weighted by atomic mass is 10.1. The number of fused-ring (bicyclic) bond motifs is 1. The average Bonchev–Trinajstić information content (AvgIpc) is 3.66. The van der Waals surface area contributed by atoms with Crippen molar-refractivity contribution in [2.45, 2.75) is 25.7 Å². The summed E-state index contributed by atoms with van der Waals surface area (Å²) in [5.41, 5.74) is 8.95. The molecule has 1 fully saturated rings. The van der Waals surface area contributed by atoms with Gasteiger partial charge in [0.15, 0.2) is 11.5 Å². The van der Waals surface area contributed by atoms with Gasteiger partial charge in [-0.1, -0.05) is 12.1 Å². The molecular weight excluding hydrogens is 430 g/mol. The van der Waals surface area contributed by atoms with Crippen LogP contribution in [0.5, 0.6) is 0 Å². The number of carbonyl (C=O) groups is 2. The minimum Gasteiger partial charge on any atom is -0.378 e. The van der Waals surface area contributed by atoms with Gasteiger partial charge in [-0.2, -0.15) is 9.78 Å². The second kappa shape index (κ2) is 8.58. The molecule has 0 radical (unpaired) electrons. The van der Waals surface area contributed by atoms with Crippen molar-refractivity contribution in [2.75, 3.05) is 19.0 Å². The monoisotopic (exact) mass is 455 g/mol. The highest BCUT2D eigenvalue weighted by Crippen LogP contribution is 2.40. The van der Waals surface area contributed by atoms with Crippen LogP contribution in [0, 0.1) is 6.92 Å². The largest absolute Gasteiger partial charge is 0.378 e. The molecule has 0 bridgehead atoms. The van der Waals surface area contributed by atoms with Gasteiger partial charge in [-0.3, -0.25) is 20.4 Å². The Bertz CT molecular complexity index is 1390. The lowest BCUT2D eigenvalue weighted by Crippen LogP contribution is -2.41. The number of nitrogens with zero attached hydrogens (tertiary/aromatic N) is 5. The van der Waals surface area contributed by atoms with E-state index >= 15 is 0 Å². The van der Waals surface area contributed by atoms with Gasteiger partial charge in [0, 0.05) is 43.2 Å². The predicted molar refractivity (Wildman–Crippen MR) is 129 cm³/mol. The molecule has 9 nitrogen and oxygen atoms in total. The summed E-state index contributed by atoms with van der Waals surface area (Å²) < 4.78 is 1.67. The van der Waals surface area contributed by atoms with Crippen molar-refractivity contribution >= 4 is 28.5 Å². The fourth-order valence-corrected chi connectivity index (χ4v) is 3.89. The highest BCUT2D eigenvalue weighted by Gasteiger charge is 2.29. The zero-order chi connectivity index (χ0) is 23.8. The van der Waals surface area contributed by atoms with Gasteiger partial charge in [0.2, 0.25) is 0 Å². The number of aryl methyl sites for hydroxylation is 1. The smallest absolute Gasteiger partial charge is 0.270 e. The number of aromatic nitrogens is 4. The lowest BCUT2D eigenvalue weighted by Gasteiger charge is -2.14. The highest BCUT2D eigenvalue weighted by molar-refractivity contribution is 6.08.